The van der Waals surface area contributed by atoms with Crippen LogP contribution in [0.4, 0.5) is 0 Å². The summed E-state index contributed by atoms with van der Waals surface area (Å²) in [5.41, 5.74) is 0.970. The molecule has 0 saturated heterocycles. The second-order valence-electron chi connectivity index (χ2n) is 3.93. The van der Waals surface area contributed by atoms with Gasteiger partial charge in [-0.2, -0.15) is 5.10 Å². The molecule has 1 heterocycles. The Bertz CT molecular complexity index is 427. The van der Waals surface area contributed by atoms with Gasteiger partial charge in [-0.25, -0.2) is 0 Å². The second kappa shape index (κ2) is 3.96. The summed E-state index contributed by atoms with van der Waals surface area (Å²) in [7, 11) is 3.58. The molecule has 4 heteroatoms. The SMILES string of the molecule is CC1=NN(C)C(c2ccccc2)C(=O)N1C. The molecular formula is C12H15N3O. The van der Waals surface area contributed by atoms with Crippen LogP contribution in [-0.2, 0) is 4.79 Å². The second-order valence-corrected chi connectivity index (χ2v) is 3.93. The maximum Gasteiger partial charge on any atom is 0.256 e. The van der Waals surface area contributed by atoms with Crippen LogP contribution in [-0.4, -0.2) is 35.7 Å². The van der Waals surface area contributed by atoms with Gasteiger partial charge in [-0.3, -0.25) is 9.80 Å². The Morgan fingerprint density at radius 1 is 1.19 bits per heavy atom. The van der Waals surface area contributed by atoms with Crippen molar-refractivity contribution in [2.24, 2.45) is 5.10 Å². The molecule has 84 valence electrons. The molecule has 0 N–H and O–H groups in total. The van der Waals surface area contributed by atoms with E-state index in [0.717, 1.165) is 11.4 Å². The molecule has 1 aromatic rings. The van der Waals surface area contributed by atoms with E-state index < -0.39 is 0 Å². The van der Waals surface area contributed by atoms with Crippen molar-refractivity contribution in [1.82, 2.24) is 9.91 Å². The fourth-order valence-electron chi connectivity index (χ4n) is 1.85. The van der Waals surface area contributed by atoms with Crippen molar-refractivity contribution in [3.63, 3.8) is 0 Å². The molecule has 2 rings (SSSR count). The van der Waals surface area contributed by atoms with E-state index in [0.29, 0.717) is 0 Å². The largest absolute Gasteiger partial charge is 0.300 e. The van der Waals surface area contributed by atoms with Gasteiger partial charge in [0.1, 0.15) is 5.84 Å². The Balaban J connectivity index is 2.39. The number of benzene rings is 1. The Morgan fingerprint density at radius 2 is 1.81 bits per heavy atom. The minimum absolute atomic E-state index is 0.0567. The maximum absolute atomic E-state index is 12.2. The summed E-state index contributed by atoms with van der Waals surface area (Å²) in [6.07, 6.45) is 0. The lowest BCUT2D eigenvalue weighted by molar-refractivity contribution is -0.133. The van der Waals surface area contributed by atoms with E-state index in [2.05, 4.69) is 5.10 Å². The first-order valence-corrected chi connectivity index (χ1v) is 5.22. The number of likely N-dealkylation sites (N-methyl/N-ethyl adjacent to an activating group) is 2. The minimum Gasteiger partial charge on any atom is -0.300 e. The van der Waals surface area contributed by atoms with Gasteiger partial charge in [-0.15, -0.1) is 0 Å². The van der Waals surface area contributed by atoms with Gasteiger partial charge >= 0.3 is 0 Å². The molecule has 0 radical (unpaired) electrons. The van der Waals surface area contributed by atoms with Crippen LogP contribution in [0.3, 0.4) is 0 Å². The normalized spacial score (nSPS) is 21.1. The van der Waals surface area contributed by atoms with Crippen LogP contribution in [0.5, 0.6) is 0 Å². The molecule has 0 bridgehead atoms. The highest BCUT2D eigenvalue weighted by atomic mass is 16.2. The van der Waals surface area contributed by atoms with Crippen molar-refractivity contribution < 1.29 is 4.79 Å². The fraction of sp³-hybridized carbons (Fsp3) is 0.333. The third-order valence-electron chi connectivity index (χ3n) is 2.84. The number of hydrogen-bond acceptors (Lipinski definition) is 3. The van der Waals surface area contributed by atoms with Gasteiger partial charge in [0.05, 0.1) is 0 Å². The number of rotatable bonds is 1. The molecule has 1 unspecified atom stereocenters. The van der Waals surface area contributed by atoms with Crippen molar-refractivity contribution in [3.05, 3.63) is 35.9 Å². The van der Waals surface area contributed by atoms with Crippen molar-refractivity contribution in [1.29, 1.82) is 0 Å². The molecule has 1 aliphatic heterocycles. The smallest absolute Gasteiger partial charge is 0.256 e. The molecule has 0 spiro atoms. The van der Waals surface area contributed by atoms with Crippen molar-refractivity contribution >= 4 is 11.7 Å². The van der Waals surface area contributed by atoms with E-state index in [-0.39, 0.29) is 11.9 Å². The fourth-order valence-corrected chi connectivity index (χ4v) is 1.85. The summed E-state index contributed by atoms with van der Waals surface area (Å²) in [5.74, 6) is 0.779. The van der Waals surface area contributed by atoms with Gasteiger partial charge in [0.2, 0.25) is 0 Å². The van der Waals surface area contributed by atoms with E-state index in [4.69, 9.17) is 0 Å². The number of carbonyl (C=O) groups excluding carboxylic acids is 1. The number of hydrogen-bond donors (Lipinski definition) is 0. The molecule has 16 heavy (non-hydrogen) atoms. The van der Waals surface area contributed by atoms with Gasteiger partial charge in [-0.1, -0.05) is 30.3 Å². The zero-order valence-corrected chi connectivity index (χ0v) is 9.71. The highest BCUT2D eigenvalue weighted by Crippen LogP contribution is 2.25. The molecule has 1 aliphatic rings. The monoisotopic (exact) mass is 217 g/mol. The maximum atomic E-state index is 12.2. The number of amidine groups is 1. The average molecular weight is 217 g/mol. The van der Waals surface area contributed by atoms with Crippen LogP contribution < -0.4 is 0 Å². The van der Waals surface area contributed by atoms with Crippen LogP contribution in [0.25, 0.3) is 0 Å². The quantitative estimate of drug-likeness (QED) is 0.714. The molecule has 0 fully saturated rings. The zero-order valence-electron chi connectivity index (χ0n) is 9.71. The molecule has 1 aromatic carbocycles. The number of carbonyl (C=O) groups is 1. The van der Waals surface area contributed by atoms with E-state index >= 15 is 0 Å². The lowest BCUT2D eigenvalue weighted by atomic mass is 10.0. The molecule has 0 saturated carbocycles. The van der Waals surface area contributed by atoms with Gasteiger partial charge in [0.25, 0.3) is 5.91 Å². The minimum atomic E-state index is -0.310. The van der Waals surface area contributed by atoms with Crippen molar-refractivity contribution in [2.45, 2.75) is 13.0 Å². The standard InChI is InChI=1S/C12H15N3O/c1-9-13-15(3)11(12(16)14(9)2)10-7-5-4-6-8-10/h4-8,11H,1-3H3. The summed E-state index contributed by atoms with van der Waals surface area (Å²) in [5, 5.41) is 6.04. The van der Waals surface area contributed by atoms with E-state index in [1.807, 2.05) is 44.3 Å². The topological polar surface area (TPSA) is 35.9 Å². The lowest BCUT2D eigenvalue weighted by Crippen LogP contribution is -2.45. The summed E-state index contributed by atoms with van der Waals surface area (Å²) in [6.45, 7) is 1.83. The molecule has 0 aromatic heterocycles. The summed E-state index contributed by atoms with van der Waals surface area (Å²) in [6, 6.07) is 9.39. The van der Waals surface area contributed by atoms with E-state index in [1.54, 1.807) is 17.0 Å². The van der Waals surface area contributed by atoms with Crippen molar-refractivity contribution in [3.8, 4) is 0 Å². The first-order valence-electron chi connectivity index (χ1n) is 5.22. The van der Waals surface area contributed by atoms with Crippen LogP contribution in [0.2, 0.25) is 0 Å². The molecular weight excluding hydrogens is 202 g/mol. The molecule has 1 amide bonds. The van der Waals surface area contributed by atoms with Gasteiger partial charge in [0, 0.05) is 14.1 Å². The lowest BCUT2D eigenvalue weighted by Gasteiger charge is -2.34. The first-order chi connectivity index (χ1) is 7.61. The third-order valence-corrected chi connectivity index (χ3v) is 2.84. The summed E-state index contributed by atoms with van der Waals surface area (Å²) in [4.78, 5) is 13.7. The predicted molar refractivity (Wildman–Crippen MR) is 62.8 cm³/mol. The van der Waals surface area contributed by atoms with E-state index in [9.17, 15) is 4.79 Å². The Labute approximate surface area is 95.2 Å². The summed E-state index contributed by atoms with van der Waals surface area (Å²) >= 11 is 0. The Hall–Kier alpha value is -1.84. The van der Waals surface area contributed by atoms with Gasteiger partial charge in [0.15, 0.2) is 6.04 Å². The van der Waals surface area contributed by atoms with Crippen LogP contribution in [0, 0.1) is 0 Å². The molecule has 0 aliphatic carbocycles. The highest BCUT2D eigenvalue weighted by molar-refractivity contribution is 6.00. The Morgan fingerprint density at radius 3 is 2.44 bits per heavy atom. The van der Waals surface area contributed by atoms with Crippen molar-refractivity contribution in [2.75, 3.05) is 14.1 Å². The van der Waals surface area contributed by atoms with Crippen LogP contribution in [0.15, 0.2) is 35.4 Å². The van der Waals surface area contributed by atoms with E-state index in [1.165, 1.54) is 0 Å². The third kappa shape index (κ3) is 1.66. The molecule has 4 nitrogen and oxygen atoms in total. The Kier molecular flexibility index (Phi) is 2.64. The van der Waals surface area contributed by atoms with Crippen LogP contribution >= 0.6 is 0 Å². The van der Waals surface area contributed by atoms with Gasteiger partial charge < -0.3 is 4.90 Å². The predicted octanol–water partition coefficient (Wildman–Crippen LogP) is 1.46. The number of amides is 1. The number of hydrazone groups is 1. The zero-order chi connectivity index (χ0) is 11.7. The summed E-state index contributed by atoms with van der Waals surface area (Å²) < 4.78 is 0. The van der Waals surface area contributed by atoms with Gasteiger partial charge in [-0.05, 0) is 12.5 Å². The number of nitrogens with zero attached hydrogens (tertiary/aromatic N) is 3. The average Bonchev–Trinajstić information content (AvgIpc) is 2.28. The highest BCUT2D eigenvalue weighted by Gasteiger charge is 2.32. The van der Waals surface area contributed by atoms with Crippen LogP contribution in [0.1, 0.15) is 18.5 Å². The first kappa shape index (κ1) is 10.7. The molecule has 1 atom stereocenters.